The zero-order valence-corrected chi connectivity index (χ0v) is 9.89. The Morgan fingerprint density at radius 2 is 2.41 bits per heavy atom. The van der Waals surface area contributed by atoms with Crippen molar-refractivity contribution in [2.24, 2.45) is 0 Å². The van der Waals surface area contributed by atoms with Crippen LogP contribution in [0.3, 0.4) is 0 Å². The quantitative estimate of drug-likeness (QED) is 0.777. The molecular formula is C12H17N3O2. The van der Waals surface area contributed by atoms with Crippen LogP contribution in [0, 0.1) is 0 Å². The summed E-state index contributed by atoms with van der Waals surface area (Å²) in [6.45, 7) is 1.73. The van der Waals surface area contributed by atoms with Crippen LogP contribution in [0.25, 0.3) is 0 Å². The maximum absolute atomic E-state index is 10.8. The Hall–Kier alpha value is -1.62. The molecule has 1 saturated carbocycles. The van der Waals surface area contributed by atoms with E-state index in [1.807, 2.05) is 0 Å². The molecule has 92 valence electrons. The van der Waals surface area contributed by atoms with E-state index < -0.39 is 5.97 Å². The highest BCUT2D eigenvalue weighted by molar-refractivity contribution is 5.88. The summed E-state index contributed by atoms with van der Waals surface area (Å²) in [4.78, 5) is 17.2. The van der Waals surface area contributed by atoms with Crippen LogP contribution in [0.2, 0.25) is 0 Å². The molecule has 1 aromatic rings. The third kappa shape index (κ3) is 3.42. The number of aromatic nitrogens is 1. The normalized spacial score (nSPS) is 14.9. The van der Waals surface area contributed by atoms with Gasteiger partial charge in [0.2, 0.25) is 0 Å². The van der Waals surface area contributed by atoms with E-state index in [4.69, 9.17) is 5.11 Å². The molecule has 5 heteroatoms. The molecule has 1 aliphatic carbocycles. The van der Waals surface area contributed by atoms with E-state index in [0.29, 0.717) is 5.82 Å². The van der Waals surface area contributed by atoms with Crippen LogP contribution >= 0.6 is 0 Å². The number of hydrogen-bond acceptors (Lipinski definition) is 4. The summed E-state index contributed by atoms with van der Waals surface area (Å²) < 4.78 is 0. The number of likely N-dealkylation sites (N-methyl/N-ethyl adjacent to an activating group) is 1. The summed E-state index contributed by atoms with van der Waals surface area (Å²) in [5, 5.41) is 12.0. The molecule has 1 aliphatic rings. The predicted octanol–water partition coefficient (Wildman–Crippen LogP) is 1.29. The number of carbonyl (C=O) groups is 1. The van der Waals surface area contributed by atoms with Gasteiger partial charge in [-0.2, -0.15) is 0 Å². The molecule has 1 fully saturated rings. The maximum Gasteiger partial charge on any atom is 0.335 e. The topological polar surface area (TPSA) is 65.5 Å². The smallest absolute Gasteiger partial charge is 0.335 e. The molecule has 2 N–H and O–H groups in total. The van der Waals surface area contributed by atoms with Crippen molar-refractivity contribution < 1.29 is 9.90 Å². The van der Waals surface area contributed by atoms with Gasteiger partial charge in [0.05, 0.1) is 5.56 Å². The standard InChI is InChI=1S/C12H17N3O2/c1-15(10-2-3-10)7-6-14-11-8-9(12(16)17)4-5-13-11/h4-5,8,10H,2-3,6-7H2,1H3,(H,13,14)(H,16,17). The molecule has 1 heterocycles. The average Bonchev–Trinajstić information content (AvgIpc) is 3.13. The predicted molar refractivity (Wildman–Crippen MR) is 65.3 cm³/mol. The molecule has 0 unspecified atom stereocenters. The number of pyridine rings is 1. The number of anilines is 1. The van der Waals surface area contributed by atoms with Crippen molar-refractivity contribution in [1.82, 2.24) is 9.88 Å². The van der Waals surface area contributed by atoms with Crippen molar-refractivity contribution in [3.05, 3.63) is 23.9 Å². The van der Waals surface area contributed by atoms with E-state index in [-0.39, 0.29) is 5.56 Å². The minimum Gasteiger partial charge on any atom is -0.478 e. The second-order valence-electron chi connectivity index (χ2n) is 4.37. The first kappa shape index (κ1) is 11.9. The Morgan fingerprint density at radius 1 is 1.65 bits per heavy atom. The van der Waals surface area contributed by atoms with Crippen LogP contribution in [-0.4, -0.2) is 47.1 Å². The van der Waals surface area contributed by atoms with Crippen LogP contribution in [0.15, 0.2) is 18.3 Å². The first-order valence-electron chi connectivity index (χ1n) is 5.80. The monoisotopic (exact) mass is 235 g/mol. The van der Waals surface area contributed by atoms with Crippen LogP contribution in [0.1, 0.15) is 23.2 Å². The first-order chi connectivity index (χ1) is 8.16. The first-order valence-corrected chi connectivity index (χ1v) is 5.80. The molecule has 0 aromatic carbocycles. The molecular weight excluding hydrogens is 218 g/mol. The molecule has 0 saturated heterocycles. The molecule has 0 spiro atoms. The Morgan fingerprint density at radius 3 is 3.06 bits per heavy atom. The van der Waals surface area contributed by atoms with Gasteiger partial charge in [0.15, 0.2) is 0 Å². The van der Waals surface area contributed by atoms with Crippen LogP contribution in [-0.2, 0) is 0 Å². The van der Waals surface area contributed by atoms with E-state index in [0.717, 1.165) is 19.1 Å². The second-order valence-corrected chi connectivity index (χ2v) is 4.37. The molecule has 17 heavy (non-hydrogen) atoms. The third-order valence-electron chi connectivity index (χ3n) is 2.95. The van der Waals surface area contributed by atoms with E-state index in [1.54, 1.807) is 6.07 Å². The SMILES string of the molecule is CN(CCNc1cc(C(=O)O)ccn1)C1CC1. The summed E-state index contributed by atoms with van der Waals surface area (Å²) >= 11 is 0. The number of nitrogens with one attached hydrogen (secondary N) is 1. The van der Waals surface area contributed by atoms with Crippen LogP contribution < -0.4 is 5.32 Å². The van der Waals surface area contributed by atoms with Gasteiger partial charge in [-0.1, -0.05) is 0 Å². The van der Waals surface area contributed by atoms with Gasteiger partial charge in [-0.3, -0.25) is 0 Å². The second kappa shape index (κ2) is 5.14. The third-order valence-corrected chi connectivity index (χ3v) is 2.95. The van der Waals surface area contributed by atoms with Crippen molar-refractivity contribution in [3.8, 4) is 0 Å². The largest absolute Gasteiger partial charge is 0.478 e. The number of hydrogen-bond donors (Lipinski definition) is 2. The van der Waals surface area contributed by atoms with E-state index in [1.165, 1.54) is 25.1 Å². The van der Waals surface area contributed by atoms with Gasteiger partial charge in [-0.15, -0.1) is 0 Å². The summed E-state index contributed by atoms with van der Waals surface area (Å²) in [5.41, 5.74) is 0.262. The molecule has 0 atom stereocenters. The fraction of sp³-hybridized carbons (Fsp3) is 0.500. The van der Waals surface area contributed by atoms with Crippen molar-refractivity contribution in [2.75, 3.05) is 25.5 Å². The number of rotatable bonds is 6. The zero-order valence-electron chi connectivity index (χ0n) is 9.89. The van der Waals surface area contributed by atoms with Gasteiger partial charge in [-0.05, 0) is 32.0 Å². The van der Waals surface area contributed by atoms with E-state index in [2.05, 4.69) is 22.2 Å². The highest BCUT2D eigenvalue weighted by Crippen LogP contribution is 2.24. The Kier molecular flexibility index (Phi) is 3.58. The molecule has 0 aliphatic heterocycles. The van der Waals surface area contributed by atoms with Crippen molar-refractivity contribution in [2.45, 2.75) is 18.9 Å². The lowest BCUT2D eigenvalue weighted by molar-refractivity contribution is 0.0697. The zero-order chi connectivity index (χ0) is 12.3. The number of carboxylic acids is 1. The summed E-state index contributed by atoms with van der Waals surface area (Å²) in [5.74, 6) is -0.306. The van der Waals surface area contributed by atoms with Crippen molar-refractivity contribution in [3.63, 3.8) is 0 Å². The van der Waals surface area contributed by atoms with Crippen LogP contribution in [0.4, 0.5) is 5.82 Å². The van der Waals surface area contributed by atoms with Crippen molar-refractivity contribution in [1.29, 1.82) is 0 Å². The van der Waals surface area contributed by atoms with Gasteiger partial charge in [0, 0.05) is 25.3 Å². The molecule has 0 radical (unpaired) electrons. The Bertz CT molecular complexity index is 404. The van der Waals surface area contributed by atoms with E-state index in [9.17, 15) is 4.79 Å². The fourth-order valence-electron chi connectivity index (χ4n) is 1.72. The fourth-order valence-corrected chi connectivity index (χ4v) is 1.72. The molecule has 2 rings (SSSR count). The van der Waals surface area contributed by atoms with Gasteiger partial charge in [0.25, 0.3) is 0 Å². The molecule has 0 bridgehead atoms. The highest BCUT2D eigenvalue weighted by atomic mass is 16.4. The van der Waals surface area contributed by atoms with Gasteiger partial charge >= 0.3 is 5.97 Å². The number of nitrogens with zero attached hydrogens (tertiary/aromatic N) is 2. The minimum atomic E-state index is -0.925. The summed E-state index contributed by atoms with van der Waals surface area (Å²) in [7, 11) is 2.11. The Balaban J connectivity index is 1.81. The van der Waals surface area contributed by atoms with Crippen LogP contribution in [0.5, 0.6) is 0 Å². The molecule has 1 aromatic heterocycles. The van der Waals surface area contributed by atoms with Gasteiger partial charge in [0.1, 0.15) is 5.82 Å². The number of carboxylic acid groups (broad SMARTS) is 1. The summed E-state index contributed by atoms with van der Waals surface area (Å²) in [6.07, 6.45) is 4.10. The highest BCUT2D eigenvalue weighted by Gasteiger charge is 2.25. The maximum atomic E-state index is 10.8. The lowest BCUT2D eigenvalue weighted by atomic mass is 10.2. The number of aromatic carboxylic acids is 1. The summed E-state index contributed by atoms with van der Waals surface area (Å²) in [6, 6.07) is 3.79. The Labute approximate surface area is 100 Å². The van der Waals surface area contributed by atoms with E-state index >= 15 is 0 Å². The van der Waals surface area contributed by atoms with Gasteiger partial charge in [-0.25, -0.2) is 9.78 Å². The molecule has 0 amide bonds. The minimum absolute atomic E-state index is 0.262. The lowest BCUT2D eigenvalue weighted by Gasteiger charge is -2.15. The van der Waals surface area contributed by atoms with Crippen molar-refractivity contribution >= 4 is 11.8 Å². The average molecular weight is 235 g/mol. The van der Waals surface area contributed by atoms with Gasteiger partial charge < -0.3 is 15.3 Å². The lowest BCUT2D eigenvalue weighted by Crippen LogP contribution is -2.27. The molecule has 5 nitrogen and oxygen atoms in total.